The number of esters is 1. The Morgan fingerprint density at radius 3 is 2.88 bits per heavy atom. The van der Waals surface area contributed by atoms with Crippen molar-refractivity contribution in [3.05, 3.63) is 29.3 Å². The summed E-state index contributed by atoms with van der Waals surface area (Å²) in [5.74, 6) is 1.08. The van der Waals surface area contributed by atoms with Crippen molar-refractivity contribution in [1.29, 1.82) is 0 Å². The lowest BCUT2D eigenvalue weighted by molar-refractivity contribution is -0.132. The number of aryl methyl sites for hydroxylation is 1. The predicted octanol–water partition coefficient (Wildman–Crippen LogP) is 3.99. The molecule has 3 aliphatic carbocycles. The second-order valence-electron chi connectivity index (χ2n) is 7.89. The van der Waals surface area contributed by atoms with Crippen LogP contribution in [0.4, 0.5) is 4.39 Å². The third kappa shape index (κ3) is 2.22. The van der Waals surface area contributed by atoms with Crippen molar-refractivity contribution < 1.29 is 18.7 Å². The average molecular weight is 330 g/mol. The standard InChI is InChI=1S/C20H23FO3/c1-11(22)24-13-4-6-14-12(9-13)3-5-16-15(14)7-8-20(2)17(16)10-18(21)19(20)23/h4,6,9,15-18H,3,5,7-8,10H2,1-2H3/t15-,16-,17+,18+,20+/m1/s1. The van der Waals surface area contributed by atoms with Crippen molar-refractivity contribution >= 4 is 11.8 Å². The fraction of sp³-hybridized carbons (Fsp3) is 0.600. The number of carbonyl (C=O) groups excluding carboxylic acids is 2. The van der Waals surface area contributed by atoms with Crippen molar-refractivity contribution in [3.63, 3.8) is 0 Å². The molecule has 128 valence electrons. The molecule has 0 spiro atoms. The minimum absolute atomic E-state index is 0.165. The van der Waals surface area contributed by atoms with E-state index in [1.807, 2.05) is 19.1 Å². The van der Waals surface area contributed by atoms with Gasteiger partial charge in [-0.3, -0.25) is 9.59 Å². The van der Waals surface area contributed by atoms with E-state index in [4.69, 9.17) is 4.74 Å². The van der Waals surface area contributed by atoms with Crippen molar-refractivity contribution in [1.82, 2.24) is 0 Å². The summed E-state index contributed by atoms with van der Waals surface area (Å²) in [6.45, 7) is 3.39. The zero-order valence-electron chi connectivity index (χ0n) is 14.2. The molecule has 2 saturated carbocycles. The molecule has 3 nitrogen and oxygen atoms in total. The predicted molar refractivity (Wildman–Crippen MR) is 87.7 cm³/mol. The van der Waals surface area contributed by atoms with Gasteiger partial charge in [0.2, 0.25) is 0 Å². The van der Waals surface area contributed by atoms with Crippen LogP contribution in [0.5, 0.6) is 5.75 Å². The van der Waals surface area contributed by atoms with Gasteiger partial charge in [0.15, 0.2) is 12.0 Å². The van der Waals surface area contributed by atoms with Gasteiger partial charge in [0.25, 0.3) is 0 Å². The van der Waals surface area contributed by atoms with Gasteiger partial charge >= 0.3 is 5.97 Å². The van der Waals surface area contributed by atoms with E-state index >= 15 is 0 Å². The molecule has 24 heavy (non-hydrogen) atoms. The summed E-state index contributed by atoms with van der Waals surface area (Å²) in [6, 6.07) is 5.89. The number of hydrogen-bond acceptors (Lipinski definition) is 3. The highest BCUT2D eigenvalue weighted by atomic mass is 19.1. The first kappa shape index (κ1) is 15.8. The van der Waals surface area contributed by atoms with Gasteiger partial charge in [0.1, 0.15) is 5.75 Å². The third-order valence-corrected chi connectivity index (χ3v) is 6.66. The fourth-order valence-corrected chi connectivity index (χ4v) is 5.54. The van der Waals surface area contributed by atoms with Crippen LogP contribution < -0.4 is 4.74 Å². The average Bonchev–Trinajstić information content (AvgIpc) is 2.77. The molecule has 0 aromatic heterocycles. The molecule has 0 N–H and O–H groups in total. The third-order valence-electron chi connectivity index (χ3n) is 6.66. The van der Waals surface area contributed by atoms with Crippen LogP contribution in [0.2, 0.25) is 0 Å². The summed E-state index contributed by atoms with van der Waals surface area (Å²) < 4.78 is 19.3. The molecular formula is C20H23FO3. The van der Waals surface area contributed by atoms with E-state index in [0.29, 0.717) is 24.0 Å². The Kier molecular flexibility index (Phi) is 3.55. The smallest absolute Gasteiger partial charge is 0.308 e. The molecule has 0 saturated heterocycles. The lowest BCUT2D eigenvalue weighted by Crippen LogP contribution is -2.42. The first-order valence-electron chi connectivity index (χ1n) is 8.90. The van der Waals surface area contributed by atoms with E-state index in [1.165, 1.54) is 18.1 Å². The maximum absolute atomic E-state index is 14.1. The van der Waals surface area contributed by atoms with Gasteiger partial charge in [0.05, 0.1) is 0 Å². The van der Waals surface area contributed by atoms with Crippen molar-refractivity contribution in [2.24, 2.45) is 17.3 Å². The monoisotopic (exact) mass is 330 g/mol. The lowest BCUT2D eigenvalue weighted by Gasteiger charge is -2.48. The van der Waals surface area contributed by atoms with Crippen LogP contribution in [-0.2, 0) is 16.0 Å². The quantitative estimate of drug-likeness (QED) is 0.578. The second kappa shape index (κ2) is 5.40. The normalized spacial score (nSPS) is 37.4. The Labute approximate surface area is 141 Å². The van der Waals surface area contributed by atoms with Crippen LogP contribution in [0, 0.1) is 17.3 Å². The number of fused-ring (bicyclic) bond motifs is 5. The van der Waals surface area contributed by atoms with Gasteiger partial charge in [-0.15, -0.1) is 0 Å². The van der Waals surface area contributed by atoms with Crippen LogP contribution in [0.3, 0.4) is 0 Å². The van der Waals surface area contributed by atoms with Crippen LogP contribution in [0.25, 0.3) is 0 Å². The number of benzene rings is 1. The van der Waals surface area contributed by atoms with Gasteiger partial charge in [-0.05, 0) is 73.1 Å². The van der Waals surface area contributed by atoms with Gasteiger partial charge in [-0.1, -0.05) is 13.0 Å². The van der Waals surface area contributed by atoms with E-state index in [0.717, 1.165) is 25.7 Å². The van der Waals surface area contributed by atoms with Crippen molar-refractivity contribution in [2.75, 3.05) is 0 Å². The summed E-state index contributed by atoms with van der Waals surface area (Å²) in [4.78, 5) is 23.4. The maximum atomic E-state index is 14.1. The Morgan fingerprint density at radius 1 is 1.33 bits per heavy atom. The van der Waals surface area contributed by atoms with Gasteiger partial charge < -0.3 is 4.74 Å². The molecular weight excluding hydrogens is 307 g/mol. The van der Waals surface area contributed by atoms with Crippen LogP contribution >= 0.6 is 0 Å². The summed E-state index contributed by atoms with van der Waals surface area (Å²) >= 11 is 0. The molecule has 3 aliphatic rings. The highest BCUT2D eigenvalue weighted by Crippen LogP contribution is 2.60. The first-order chi connectivity index (χ1) is 11.4. The molecule has 0 amide bonds. The molecule has 0 bridgehead atoms. The van der Waals surface area contributed by atoms with Crippen LogP contribution in [-0.4, -0.2) is 17.9 Å². The SMILES string of the molecule is CC(=O)Oc1ccc2c(c1)CC[C@@H]1[C@@H]2CC[C@]2(C)C(=O)[C@@H](F)C[C@@H]12. The molecule has 0 heterocycles. The largest absolute Gasteiger partial charge is 0.427 e. The van der Waals surface area contributed by atoms with E-state index in [2.05, 4.69) is 6.07 Å². The molecule has 0 aliphatic heterocycles. The summed E-state index contributed by atoms with van der Waals surface area (Å²) in [5.41, 5.74) is 2.08. The van der Waals surface area contributed by atoms with Gasteiger partial charge in [-0.25, -0.2) is 4.39 Å². The molecule has 1 aromatic carbocycles. The number of hydrogen-bond donors (Lipinski definition) is 0. The molecule has 0 radical (unpaired) electrons. The van der Waals surface area contributed by atoms with E-state index < -0.39 is 11.6 Å². The first-order valence-corrected chi connectivity index (χ1v) is 8.90. The molecule has 4 heteroatoms. The minimum Gasteiger partial charge on any atom is -0.427 e. The van der Waals surface area contributed by atoms with E-state index in [9.17, 15) is 14.0 Å². The number of alkyl halides is 1. The van der Waals surface area contributed by atoms with Gasteiger partial charge in [0, 0.05) is 12.3 Å². The number of ether oxygens (including phenoxy) is 1. The zero-order valence-corrected chi connectivity index (χ0v) is 14.2. The molecule has 2 fully saturated rings. The molecule has 5 atom stereocenters. The second-order valence-corrected chi connectivity index (χ2v) is 7.89. The van der Waals surface area contributed by atoms with E-state index in [1.54, 1.807) is 0 Å². The van der Waals surface area contributed by atoms with Crippen LogP contribution in [0.15, 0.2) is 18.2 Å². The number of carbonyl (C=O) groups is 2. The molecule has 0 unspecified atom stereocenters. The summed E-state index contributed by atoms with van der Waals surface area (Å²) in [7, 11) is 0. The minimum atomic E-state index is -1.27. The highest BCUT2D eigenvalue weighted by molar-refractivity contribution is 5.91. The highest BCUT2D eigenvalue weighted by Gasteiger charge is 2.58. The van der Waals surface area contributed by atoms with Crippen molar-refractivity contribution in [2.45, 2.75) is 58.0 Å². The lowest BCUT2D eigenvalue weighted by atomic mass is 9.55. The Balaban J connectivity index is 1.65. The Morgan fingerprint density at radius 2 is 2.12 bits per heavy atom. The summed E-state index contributed by atoms with van der Waals surface area (Å²) in [5, 5.41) is 0. The number of ketones is 1. The Hall–Kier alpha value is -1.71. The number of halogens is 1. The topological polar surface area (TPSA) is 43.4 Å². The van der Waals surface area contributed by atoms with Crippen LogP contribution in [0.1, 0.15) is 56.6 Å². The number of rotatable bonds is 1. The summed E-state index contributed by atoms with van der Waals surface area (Å²) in [6.07, 6.45) is 2.74. The van der Waals surface area contributed by atoms with Crippen molar-refractivity contribution in [3.8, 4) is 5.75 Å². The fourth-order valence-electron chi connectivity index (χ4n) is 5.54. The maximum Gasteiger partial charge on any atom is 0.308 e. The Bertz CT molecular complexity index is 713. The van der Waals surface area contributed by atoms with E-state index in [-0.39, 0.29) is 17.7 Å². The van der Waals surface area contributed by atoms with Gasteiger partial charge in [-0.2, -0.15) is 0 Å². The molecule has 4 rings (SSSR count). The molecule has 1 aromatic rings. The zero-order chi connectivity index (χ0) is 17.1. The number of Topliss-reactive ketones (excluding diaryl/α,β-unsaturated/α-hetero) is 1.